The molecule has 1 N–H and O–H groups in total. The Labute approximate surface area is 194 Å². The minimum absolute atomic E-state index is 0.00781. The summed E-state index contributed by atoms with van der Waals surface area (Å²) in [6.45, 7) is 6.48. The Morgan fingerprint density at radius 1 is 1.12 bits per heavy atom. The van der Waals surface area contributed by atoms with Gasteiger partial charge in [-0.05, 0) is 24.8 Å². The van der Waals surface area contributed by atoms with Gasteiger partial charge in [-0.1, -0.05) is 44.2 Å². The van der Waals surface area contributed by atoms with E-state index in [0.717, 1.165) is 31.4 Å². The molecule has 0 spiro atoms. The van der Waals surface area contributed by atoms with Crippen LogP contribution in [0.1, 0.15) is 59.5 Å². The summed E-state index contributed by atoms with van der Waals surface area (Å²) in [5.74, 6) is -0.730. The Balaban J connectivity index is 0.00000126. The van der Waals surface area contributed by atoms with Gasteiger partial charge in [0.05, 0.1) is 13.7 Å². The number of amides is 2. The van der Waals surface area contributed by atoms with Gasteiger partial charge in [0.25, 0.3) is 11.8 Å². The third kappa shape index (κ3) is 4.15. The Kier molecular flexibility index (Phi) is 6.83. The molecule has 2 amide bonds. The van der Waals surface area contributed by atoms with Gasteiger partial charge < -0.3 is 19.5 Å². The first-order chi connectivity index (χ1) is 16.1. The number of fused-ring (bicyclic) bond motifs is 4. The Bertz CT molecular complexity index is 1080. The molecule has 5 rings (SSSR count). The van der Waals surface area contributed by atoms with E-state index in [1.54, 1.807) is 4.57 Å². The lowest BCUT2D eigenvalue weighted by atomic mass is 10.0. The number of pyridine rings is 1. The summed E-state index contributed by atoms with van der Waals surface area (Å²) >= 11 is 0. The van der Waals surface area contributed by atoms with Gasteiger partial charge in [0, 0.05) is 31.9 Å². The van der Waals surface area contributed by atoms with Crippen LogP contribution < -0.4 is 15.5 Å². The van der Waals surface area contributed by atoms with Crippen LogP contribution >= 0.6 is 0 Å². The maximum absolute atomic E-state index is 13.3. The minimum atomic E-state index is -0.554. The second kappa shape index (κ2) is 9.79. The van der Waals surface area contributed by atoms with E-state index in [2.05, 4.69) is 10.2 Å². The van der Waals surface area contributed by atoms with Crippen molar-refractivity contribution in [3.63, 3.8) is 0 Å². The van der Waals surface area contributed by atoms with Crippen molar-refractivity contribution >= 4 is 11.8 Å². The lowest BCUT2D eigenvalue weighted by Crippen LogP contribution is -2.62. The standard InChI is InChI=1S/C23H26N4O4.C2H6/c1-31-21-19-23(30)27-11-9-16-8-5-10-26(16)18(27)14-25(19)13-17(20(21)28)22(29)24-12-15-6-3-2-4-7-15;1-2/h2-4,6-7,13,16,18H,5,8-12,14H2,1H3,(H,24,29);1-2H3/t16-,18-;/m0./s1. The SMILES string of the molecule is CC.COc1c2n(cc(C(=O)NCc3ccccc3)c1=O)C[C@@H]1N(CC[C@@H]3CCCN31)C2=O. The van der Waals surface area contributed by atoms with Crippen molar-refractivity contribution in [1.82, 2.24) is 19.7 Å². The summed E-state index contributed by atoms with van der Waals surface area (Å²) in [7, 11) is 1.37. The summed E-state index contributed by atoms with van der Waals surface area (Å²) in [6.07, 6.45) is 4.72. The number of hydrogen-bond acceptors (Lipinski definition) is 5. The fourth-order valence-electron chi connectivity index (χ4n) is 5.16. The zero-order valence-electron chi connectivity index (χ0n) is 19.5. The van der Waals surface area contributed by atoms with Crippen molar-refractivity contribution < 1.29 is 14.3 Å². The highest BCUT2D eigenvalue weighted by atomic mass is 16.5. The Morgan fingerprint density at radius 2 is 1.88 bits per heavy atom. The van der Waals surface area contributed by atoms with Gasteiger partial charge in [-0.25, -0.2) is 0 Å². The number of ether oxygens (including phenoxy) is 1. The van der Waals surface area contributed by atoms with Gasteiger partial charge in [-0.15, -0.1) is 0 Å². The van der Waals surface area contributed by atoms with Crippen molar-refractivity contribution in [2.75, 3.05) is 20.2 Å². The number of benzene rings is 1. The van der Waals surface area contributed by atoms with E-state index in [4.69, 9.17) is 4.74 Å². The molecule has 0 radical (unpaired) electrons. The summed E-state index contributed by atoms with van der Waals surface area (Å²) in [5, 5.41) is 2.81. The molecule has 1 aromatic heterocycles. The number of aromatic nitrogens is 1. The second-order valence-electron chi connectivity index (χ2n) is 8.38. The highest BCUT2D eigenvalue weighted by molar-refractivity contribution is 5.99. The molecule has 2 atom stereocenters. The largest absolute Gasteiger partial charge is 0.491 e. The van der Waals surface area contributed by atoms with Gasteiger partial charge in [0.2, 0.25) is 5.43 Å². The molecule has 4 heterocycles. The lowest BCUT2D eigenvalue weighted by molar-refractivity contribution is -0.0211. The number of methoxy groups -OCH3 is 1. The molecule has 33 heavy (non-hydrogen) atoms. The summed E-state index contributed by atoms with van der Waals surface area (Å²) in [4.78, 5) is 43.5. The number of carbonyl (C=O) groups is 2. The van der Waals surface area contributed by atoms with Crippen LogP contribution in [0.15, 0.2) is 41.3 Å². The number of hydrogen-bond donors (Lipinski definition) is 1. The third-order valence-corrected chi connectivity index (χ3v) is 6.67. The quantitative estimate of drug-likeness (QED) is 0.771. The molecule has 0 bridgehead atoms. The minimum Gasteiger partial charge on any atom is -0.491 e. The maximum Gasteiger partial charge on any atom is 0.275 e. The normalized spacial score (nSPS) is 21.3. The molecule has 8 nitrogen and oxygen atoms in total. The Hall–Kier alpha value is -3.13. The monoisotopic (exact) mass is 452 g/mol. The summed E-state index contributed by atoms with van der Waals surface area (Å²) in [6, 6.07) is 10.0. The topological polar surface area (TPSA) is 83.9 Å². The van der Waals surface area contributed by atoms with Crippen LogP contribution in [0.5, 0.6) is 5.75 Å². The fourth-order valence-corrected chi connectivity index (χ4v) is 5.16. The van der Waals surface area contributed by atoms with Crippen LogP contribution in [0.25, 0.3) is 0 Å². The number of rotatable bonds is 4. The third-order valence-electron chi connectivity index (χ3n) is 6.67. The molecule has 8 heteroatoms. The zero-order valence-corrected chi connectivity index (χ0v) is 19.5. The Morgan fingerprint density at radius 3 is 2.61 bits per heavy atom. The summed E-state index contributed by atoms with van der Waals surface area (Å²) < 4.78 is 7.10. The number of carbonyl (C=O) groups excluding carboxylic acids is 2. The predicted molar refractivity (Wildman–Crippen MR) is 125 cm³/mol. The van der Waals surface area contributed by atoms with Gasteiger partial charge in [-0.2, -0.15) is 0 Å². The predicted octanol–water partition coefficient (Wildman–Crippen LogP) is 2.46. The van der Waals surface area contributed by atoms with Crippen LogP contribution in [0, 0.1) is 0 Å². The van der Waals surface area contributed by atoms with E-state index < -0.39 is 11.3 Å². The van der Waals surface area contributed by atoms with Crippen molar-refractivity contribution in [3.8, 4) is 5.75 Å². The van der Waals surface area contributed by atoms with Crippen molar-refractivity contribution in [2.24, 2.45) is 0 Å². The molecule has 0 aliphatic carbocycles. The molecule has 1 aromatic carbocycles. The highest BCUT2D eigenvalue weighted by Gasteiger charge is 2.45. The smallest absolute Gasteiger partial charge is 0.275 e. The molecule has 0 saturated carbocycles. The fraction of sp³-hybridized carbons (Fsp3) is 0.480. The molecule has 176 valence electrons. The molecule has 2 saturated heterocycles. The zero-order chi connectivity index (χ0) is 23.5. The van der Waals surface area contributed by atoms with E-state index in [-0.39, 0.29) is 29.1 Å². The highest BCUT2D eigenvalue weighted by Crippen LogP contribution is 2.34. The molecular formula is C25H32N4O4. The van der Waals surface area contributed by atoms with E-state index in [1.807, 2.05) is 49.1 Å². The van der Waals surface area contributed by atoms with E-state index in [9.17, 15) is 14.4 Å². The molecule has 3 aliphatic heterocycles. The first-order valence-corrected chi connectivity index (χ1v) is 11.8. The van der Waals surface area contributed by atoms with Crippen LogP contribution in [-0.2, 0) is 13.1 Å². The average Bonchev–Trinajstić information content (AvgIpc) is 3.34. The molecule has 3 aliphatic rings. The number of nitrogens with one attached hydrogen (secondary N) is 1. The van der Waals surface area contributed by atoms with Crippen LogP contribution in [0.4, 0.5) is 0 Å². The van der Waals surface area contributed by atoms with Crippen molar-refractivity contribution in [1.29, 1.82) is 0 Å². The van der Waals surface area contributed by atoms with Crippen molar-refractivity contribution in [2.45, 2.75) is 58.4 Å². The molecule has 2 aromatic rings. The van der Waals surface area contributed by atoms with Gasteiger partial charge in [0.1, 0.15) is 11.7 Å². The van der Waals surface area contributed by atoms with Crippen LogP contribution in [-0.4, -0.2) is 58.6 Å². The molecule has 0 unspecified atom stereocenters. The average molecular weight is 453 g/mol. The van der Waals surface area contributed by atoms with E-state index >= 15 is 0 Å². The van der Waals surface area contributed by atoms with Crippen LogP contribution in [0.2, 0.25) is 0 Å². The van der Waals surface area contributed by atoms with E-state index in [0.29, 0.717) is 25.7 Å². The maximum atomic E-state index is 13.3. The number of nitrogens with zero attached hydrogens (tertiary/aromatic N) is 3. The van der Waals surface area contributed by atoms with E-state index in [1.165, 1.54) is 13.3 Å². The summed E-state index contributed by atoms with van der Waals surface area (Å²) in [5.41, 5.74) is 0.615. The lowest BCUT2D eigenvalue weighted by Gasteiger charge is -2.48. The van der Waals surface area contributed by atoms with Gasteiger partial charge >= 0.3 is 0 Å². The second-order valence-corrected chi connectivity index (χ2v) is 8.38. The van der Waals surface area contributed by atoms with Crippen LogP contribution in [0.3, 0.4) is 0 Å². The molecular weight excluding hydrogens is 420 g/mol. The first kappa shape index (κ1) is 23.0. The van der Waals surface area contributed by atoms with Crippen molar-refractivity contribution in [3.05, 3.63) is 63.6 Å². The van der Waals surface area contributed by atoms with Gasteiger partial charge in [0.15, 0.2) is 11.4 Å². The molecule has 2 fully saturated rings. The first-order valence-electron chi connectivity index (χ1n) is 11.8. The van der Waals surface area contributed by atoms with Gasteiger partial charge in [-0.3, -0.25) is 19.3 Å².